The molecule has 0 aliphatic carbocycles. The number of amides is 1. The van der Waals surface area contributed by atoms with Gasteiger partial charge in [0.2, 0.25) is 11.7 Å². The number of piperidine rings is 1. The maximum Gasteiger partial charge on any atom is 0.451 e. The van der Waals surface area contributed by atoms with Crippen LogP contribution >= 0.6 is 0 Å². The Balaban J connectivity index is 1.38. The molecule has 2 saturated heterocycles. The standard InChI is InChI=1S/C21H22F3N7O/c22-21(23,24)20-25-8-7-15(27-20)17-26-14-5-6-16(28-18(14)29-17)31-11-3-4-13(12-31)19(32)30-9-1-2-10-30/h5-8,13H,1-4,9-12H2,(H,26,28,29)/t13-/m1/s1. The fraction of sp³-hybridized carbons (Fsp3) is 0.476. The number of carbonyl (C=O) groups is 1. The zero-order valence-electron chi connectivity index (χ0n) is 17.3. The van der Waals surface area contributed by atoms with Gasteiger partial charge in [0.1, 0.15) is 11.5 Å². The van der Waals surface area contributed by atoms with Crippen molar-refractivity contribution in [2.75, 3.05) is 31.1 Å². The van der Waals surface area contributed by atoms with Crippen molar-refractivity contribution in [3.63, 3.8) is 0 Å². The Hall–Kier alpha value is -3.24. The van der Waals surface area contributed by atoms with Gasteiger partial charge in [-0.05, 0) is 43.9 Å². The Morgan fingerprint density at radius 2 is 1.84 bits per heavy atom. The molecule has 1 atom stereocenters. The summed E-state index contributed by atoms with van der Waals surface area (Å²) in [7, 11) is 0. The van der Waals surface area contributed by atoms with Crippen molar-refractivity contribution >= 4 is 22.9 Å². The lowest BCUT2D eigenvalue weighted by Gasteiger charge is -2.34. The molecule has 0 saturated carbocycles. The first-order valence-corrected chi connectivity index (χ1v) is 10.7. The van der Waals surface area contributed by atoms with Crippen LogP contribution in [0.5, 0.6) is 0 Å². The number of halogens is 3. The van der Waals surface area contributed by atoms with Crippen molar-refractivity contribution in [3.05, 3.63) is 30.2 Å². The zero-order chi connectivity index (χ0) is 22.3. The Morgan fingerprint density at radius 1 is 1.03 bits per heavy atom. The van der Waals surface area contributed by atoms with E-state index in [4.69, 9.17) is 0 Å². The molecule has 32 heavy (non-hydrogen) atoms. The molecule has 8 nitrogen and oxygen atoms in total. The van der Waals surface area contributed by atoms with E-state index >= 15 is 0 Å². The van der Waals surface area contributed by atoms with E-state index in [1.807, 2.05) is 11.0 Å². The van der Waals surface area contributed by atoms with Gasteiger partial charge in [0.05, 0.1) is 11.4 Å². The lowest BCUT2D eigenvalue weighted by molar-refractivity contribution is -0.144. The van der Waals surface area contributed by atoms with Gasteiger partial charge in [0.25, 0.3) is 0 Å². The summed E-state index contributed by atoms with van der Waals surface area (Å²) in [6, 6.07) is 5.01. The first kappa shape index (κ1) is 20.7. The summed E-state index contributed by atoms with van der Waals surface area (Å²) >= 11 is 0. The first-order valence-electron chi connectivity index (χ1n) is 10.7. The van der Waals surface area contributed by atoms with Gasteiger partial charge in [-0.15, -0.1) is 0 Å². The quantitative estimate of drug-likeness (QED) is 0.666. The van der Waals surface area contributed by atoms with Crippen LogP contribution in [0.4, 0.5) is 19.0 Å². The third-order valence-electron chi connectivity index (χ3n) is 6.00. The highest BCUT2D eigenvalue weighted by atomic mass is 19.4. The van der Waals surface area contributed by atoms with E-state index in [9.17, 15) is 18.0 Å². The van der Waals surface area contributed by atoms with Gasteiger partial charge in [-0.2, -0.15) is 13.2 Å². The van der Waals surface area contributed by atoms with Crippen molar-refractivity contribution in [3.8, 4) is 11.5 Å². The molecule has 0 radical (unpaired) electrons. The third kappa shape index (κ3) is 3.98. The predicted octanol–water partition coefficient (Wildman–Crippen LogP) is 3.27. The van der Waals surface area contributed by atoms with E-state index in [1.165, 1.54) is 6.07 Å². The number of pyridine rings is 1. The molecule has 3 aromatic heterocycles. The minimum Gasteiger partial charge on any atom is -0.356 e. The number of nitrogens with one attached hydrogen (secondary N) is 1. The van der Waals surface area contributed by atoms with E-state index in [2.05, 4.69) is 29.8 Å². The minimum absolute atomic E-state index is 0.0427. The fourth-order valence-corrected chi connectivity index (χ4v) is 4.39. The molecule has 0 unspecified atom stereocenters. The summed E-state index contributed by atoms with van der Waals surface area (Å²) in [5.41, 5.74) is 1.02. The molecule has 5 rings (SSSR count). The summed E-state index contributed by atoms with van der Waals surface area (Å²) in [5, 5.41) is 0. The summed E-state index contributed by atoms with van der Waals surface area (Å²) < 4.78 is 38.8. The topological polar surface area (TPSA) is 90.9 Å². The smallest absolute Gasteiger partial charge is 0.356 e. The fourth-order valence-electron chi connectivity index (χ4n) is 4.39. The molecule has 168 valence electrons. The van der Waals surface area contributed by atoms with E-state index in [0.717, 1.165) is 51.5 Å². The minimum atomic E-state index is -4.63. The van der Waals surface area contributed by atoms with Crippen LogP contribution in [-0.2, 0) is 11.0 Å². The Labute approximate surface area is 181 Å². The SMILES string of the molecule is O=C([C@@H]1CCCN(c2ccc3[nH]c(-c4ccnc(C(F)(F)F)n4)nc3n2)C1)N1CCCC1. The van der Waals surface area contributed by atoms with Crippen molar-refractivity contribution < 1.29 is 18.0 Å². The molecular weight excluding hydrogens is 423 g/mol. The van der Waals surface area contributed by atoms with Crippen LogP contribution in [-0.4, -0.2) is 61.9 Å². The number of imidazole rings is 1. The molecule has 1 amide bonds. The molecule has 2 aliphatic heterocycles. The molecule has 2 fully saturated rings. The average Bonchev–Trinajstić information content (AvgIpc) is 3.48. The molecule has 1 N–H and O–H groups in total. The zero-order valence-corrected chi connectivity index (χ0v) is 17.3. The summed E-state index contributed by atoms with van der Waals surface area (Å²) in [5.74, 6) is -0.145. The molecule has 11 heteroatoms. The Morgan fingerprint density at radius 3 is 2.62 bits per heavy atom. The number of hydrogen-bond donors (Lipinski definition) is 1. The van der Waals surface area contributed by atoms with Gasteiger partial charge >= 0.3 is 6.18 Å². The van der Waals surface area contributed by atoms with Gasteiger partial charge in [-0.25, -0.2) is 19.9 Å². The summed E-state index contributed by atoms with van der Waals surface area (Å²) in [4.78, 5) is 35.7. The largest absolute Gasteiger partial charge is 0.451 e. The monoisotopic (exact) mass is 445 g/mol. The number of alkyl halides is 3. The van der Waals surface area contributed by atoms with E-state index in [1.54, 1.807) is 6.07 Å². The van der Waals surface area contributed by atoms with Crippen LogP contribution in [0.25, 0.3) is 22.7 Å². The normalized spacial score (nSPS) is 19.7. The second-order valence-electron chi connectivity index (χ2n) is 8.21. The second-order valence-corrected chi connectivity index (χ2v) is 8.21. The van der Waals surface area contributed by atoms with E-state index in [-0.39, 0.29) is 23.3 Å². The van der Waals surface area contributed by atoms with Crippen LogP contribution in [0.1, 0.15) is 31.5 Å². The number of aromatic nitrogens is 5. The van der Waals surface area contributed by atoms with Crippen LogP contribution in [0, 0.1) is 5.92 Å². The summed E-state index contributed by atoms with van der Waals surface area (Å²) in [6.45, 7) is 3.08. The second kappa shape index (κ2) is 8.03. The van der Waals surface area contributed by atoms with Crippen molar-refractivity contribution in [1.82, 2.24) is 29.8 Å². The highest BCUT2D eigenvalue weighted by Crippen LogP contribution is 2.29. The van der Waals surface area contributed by atoms with Crippen molar-refractivity contribution in [1.29, 1.82) is 0 Å². The van der Waals surface area contributed by atoms with Gasteiger partial charge in [-0.1, -0.05) is 0 Å². The summed E-state index contributed by atoms with van der Waals surface area (Å²) in [6.07, 6.45) is 0.331. The number of nitrogens with zero attached hydrogens (tertiary/aromatic N) is 6. The van der Waals surface area contributed by atoms with Gasteiger partial charge < -0.3 is 14.8 Å². The van der Waals surface area contributed by atoms with Gasteiger partial charge in [-0.3, -0.25) is 4.79 Å². The number of likely N-dealkylation sites (tertiary alicyclic amines) is 1. The molecule has 0 bridgehead atoms. The molecule has 5 heterocycles. The van der Waals surface area contributed by atoms with Gasteiger partial charge in [0.15, 0.2) is 11.5 Å². The number of carbonyl (C=O) groups excluding carboxylic acids is 1. The molecular formula is C21H22F3N7O. The molecule has 0 aromatic carbocycles. The Kier molecular flexibility index (Phi) is 5.18. The molecule has 0 spiro atoms. The van der Waals surface area contributed by atoms with Crippen molar-refractivity contribution in [2.45, 2.75) is 31.9 Å². The van der Waals surface area contributed by atoms with Crippen LogP contribution in [0.2, 0.25) is 0 Å². The van der Waals surface area contributed by atoms with E-state index < -0.39 is 12.0 Å². The van der Waals surface area contributed by atoms with E-state index in [0.29, 0.717) is 23.5 Å². The lowest BCUT2D eigenvalue weighted by Crippen LogP contribution is -2.44. The highest BCUT2D eigenvalue weighted by Gasteiger charge is 2.35. The number of fused-ring (bicyclic) bond motifs is 1. The van der Waals surface area contributed by atoms with Crippen LogP contribution in [0.15, 0.2) is 24.4 Å². The lowest BCUT2D eigenvalue weighted by atomic mass is 9.96. The van der Waals surface area contributed by atoms with Crippen LogP contribution in [0.3, 0.4) is 0 Å². The number of anilines is 1. The number of H-pyrrole nitrogens is 1. The third-order valence-corrected chi connectivity index (χ3v) is 6.00. The predicted molar refractivity (Wildman–Crippen MR) is 111 cm³/mol. The number of hydrogen-bond acceptors (Lipinski definition) is 6. The number of aromatic amines is 1. The average molecular weight is 445 g/mol. The first-order chi connectivity index (χ1) is 15.4. The Bertz CT molecular complexity index is 1140. The maximum atomic E-state index is 12.9. The van der Waals surface area contributed by atoms with Crippen molar-refractivity contribution in [2.24, 2.45) is 5.92 Å². The molecule has 2 aliphatic rings. The number of rotatable bonds is 3. The maximum absolute atomic E-state index is 12.9. The highest BCUT2D eigenvalue weighted by molar-refractivity contribution is 5.80. The van der Waals surface area contributed by atoms with Crippen LogP contribution < -0.4 is 4.90 Å². The molecule has 3 aromatic rings. The van der Waals surface area contributed by atoms with Gasteiger partial charge in [0, 0.05) is 32.4 Å².